The van der Waals surface area contributed by atoms with E-state index < -0.39 is 5.54 Å². The molecule has 1 aromatic heterocycles. The maximum Gasteiger partial charge on any atom is 0.258 e. The Morgan fingerprint density at radius 2 is 2.05 bits per heavy atom. The molecule has 2 heterocycles. The highest BCUT2D eigenvalue weighted by Gasteiger charge is 2.37. The molecule has 0 saturated heterocycles. The van der Waals surface area contributed by atoms with Gasteiger partial charge in [0, 0.05) is 5.38 Å². The van der Waals surface area contributed by atoms with Gasteiger partial charge in [-0.3, -0.25) is 14.5 Å². The van der Waals surface area contributed by atoms with Gasteiger partial charge in [-0.05, 0) is 26.0 Å². The van der Waals surface area contributed by atoms with Crippen molar-refractivity contribution in [1.29, 1.82) is 0 Å². The first-order valence-corrected chi connectivity index (χ1v) is 7.87. The number of carbonyl (C=O) groups is 2. The lowest BCUT2D eigenvalue weighted by Crippen LogP contribution is -2.49. The van der Waals surface area contributed by atoms with Gasteiger partial charge in [-0.2, -0.15) is 0 Å². The fraction of sp³-hybridized carbons (Fsp3) is 0.200. The molecule has 0 unspecified atom stereocenters. The van der Waals surface area contributed by atoms with Gasteiger partial charge in [0.05, 0.1) is 28.2 Å². The highest BCUT2D eigenvalue weighted by Crippen LogP contribution is 2.45. The monoisotopic (exact) mass is 335 g/mol. The number of hydrogen-bond donors (Lipinski definition) is 2. The van der Waals surface area contributed by atoms with Crippen LogP contribution in [0.4, 0.5) is 17.1 Å². The Bertz CT molecular complexity index is 779. The Morgan fingerprint density at radius 3 is 2.73 bits per heavy atom. The second-order valence-electron chi connectivity index (χ2n) is 5.61. The summed E-state index contributed by atoms with van der Waals surface area (Å²) in [6.45, 7) is 3.25. The first-order valence-electron chi connectivity index (χ1n) is 6.61. The van der Waals surface area contributed by atoms with Crippen molar-refractivity contribution in [3.63, 3.8) is 0 Å². The third-order valence-corrected chi connectivity index (χ3v) is 4.54. The molecule has 2 amide bonds. The number of nitrogens with zero attached hydrogens (tertiary/aromatic N) is 1. The lowest BCUT2D eigenvalue weighted by atomic mass is 10.0. The van der Waals surface area contributed by atoms with Gasteiger partial charge in [0.1, 0.15) is 4.34 Å². The molecule has 0 spiro atoms. The third kappa shape index (κ3) is 2.29. The molecule has 1 aromatic carbocycles. The molecule has 0 atom stereocenters. The van der Waals surface area contributed by atoms with Crippen LogP contribution in [0.5, 0.6) is 0 Å². The number of halogens is 1. The number of fused-ring (bicyclic) bond motifs is 2. The fourth-order valence-electron chi connectivity index (χ4n) is 2.28. The average molecular weight is 336 g/mol. The van der Waals surface area contributed by atoms with Gasteiger partial charge in [0.2, 0.25) is 0 Å². The number of carbonyl (C=O) groups excluding carboxylic acids is 2. The number of amides is 2. The van der Waals surface area contributed by atoms with Crippen molar-refractivity contribution in [2.75, 3.05) is 10.2 Å². The van der Waals surface area contributed by atoms with Gasteiger partial charge >= 0.3 is 0 Å². The molecule has 0 fully saturated rings. The molecule has 0 radical (unpaired) electrons. The number of nitrogens with one attached hydrogen (secondary N) is 1. The zero-order valence-corrected chi connectivity index (χ0v) is 13.6. The molecule has 3 rings (SSSR count). The quantitative estimate of drug-likeness (QED) is 0.839. The van der Waals surface area contributed by atoms with Crippen LogP contribution in [0.25, 0.3) is 0 Å². The topological polar surface area (TPSA) is 75.4 Å². The van der Waals surface area contributed by atoms with Gasteiger partial charge in [0.15, 0.2) is 0 Å². The van der Waals surface area contributed by atoms with Gasteiger partial charge in [-0.25, -0.2) is 0 Å². The van der Waals surface area contributed by atoms with E-state index in [1.54, 1.807) is 43.5 Å². The predicted molar refractivity (Wildman–Crippen MR) is 89.1 cm³/mol. The molecule has 0 saturated carbocycles. The fourth-order valence-corrected chi connectivity index (χ4v) is 3.35. The highest BCUT2D eigenvalue weighted by molar-refractivity contribution is 7.15. The van der Waals surface area contributed by atoms with Crippen LogP contribution < -0.4 is 16.0 Å². The van der Waals surface area contributed by atoms with E-state index >= 15 is 0 Å². The van der Waals surface area contributed by atoms with E-state index in [-0.39, 0.29) is 11.8 Å². The average Bonchev–Trinajstić information content (AvgIpc) is 2.76. The summed E-state index contributed by atoms with van der Waals surface area (Å²) in [6.07, 6.45) is 0. The second-order valence-corrected chi connectivity index (χ2v) is 7.09. The maximum atomic E-state index is 12.9. The molecule has 114 valence electrons. The standard InChI is InChI=1S/C15H14ClN3O2S/c1-15(2,17)14(21)19-10-6-4-3-5-9(10)18-13(20)8-7-22-12(16)11(8)19/h3-7H,17H2,1-2H3,(H,18,20). The third-order valence-electron chi connectivity index (χ3n) is 3.34. The van der Waals surface area contributed by atoms with E-state index in [2.05, 4.69) is 5.32 Å². The summed E-state index contributed by atoms with van der Waals surface area (Å²) in [5.74, 6) is -0.631. The van der Waals surface area contributed by atoms with Crippen molar-refractivity contribution in [3.05, 3.63) is 39.5 Å². The normalized spacial score (nSPS) is 14.0. The van der Waals surface area contributed by atoms with E-state index in [9.17, 15) is 9.59 Å². The number of rotatable bonds is 1. The van der Waals surface area contributed by atoms with Crippen LogP contribution in [0.2, 0.25) is 4.34 Å². The number of benzene rings is 1. The predicted octanol–water partition coefficient (Wildman–Crippen LogP) is 3.37. The van der Waals surface area contributed by atoms with E-state index in [0.717, 1.165) is 0 Å². The summed E-state index contributed by atoms with van der Waals surface area (Å²) in [7, 11) is 0. The number of anilines is 3. The molecule has 7 heteroatoms. The number of thiophene rings is 1. The minimum atomic E-state index is -1.11. The number of para-hydroxylation sites is 2. The molecule has 2 aromatic rings. The van der Waals surface area contributed by atoms with Crippen molar-refractivity contribution < 1.29 is 9.59 Å². The minimum absolute atomic E-state index is 0.296. The Balaban J connectivity index is 2.31. The lowest BCUT2D eigenvalue weighted by Gasteiger charge is -2.29. The summed E-state index contributed by atoms with van der Waals surface area (Å²) in [5, 5.41) is 4.44. The highest BCUT2D eigenvalue weighted by atomic mass is 35.5. The maximum absolute atomic E-state index is 12.9. The Kier molecular flexibility index (Phi) is 3.47. The van der Waals surface area contributed by atoms with Gasteiger partial charge in [0.25, 0.3) is 11.8 Å². The minimum Gasteiger partial charge on any atom is -0.320 e. The second kappa shape index (κ2) is 5.08. The van der Waals surface area contributed by atoms with Crippen LogP contribution >= 0.6 is 22.9 Å². The molecule has 5 nitrogen and oxygen atoms in total. The van der Waals surface area contributed by atoms with Crippen molar-refractivity contribution in [2.24, 2.45) is 5.73 Å². The zero-order chi connectivity index (χ0) is 16.1. The first kappa shape index (κ1) is 15.0. The lowest BCUT2D eigenvalue weighted by molar-refractivity contribution is -0.121. The van der Waals surface area contributed by atoms with E-state index in [0.29, 0.717) is 27.0 Å². The van der Waals surface area contributed by atoms with Crippen molar-refractivity contribution in [1.82, 2.24) is 0 Å². The molecule has 0 bridgehead atoms. The molecule has 1 aliphatic heterocycles. The van der Waals surface area contributed by atoms with E-state index in [1.165, 1.54) is 16.2 Å². The molecular formula is C15H14ClN3O2S. The SMILES string of the molecule is CC(C)(N)C(=O)N1c2ccccc2NC(=O)c2csc(Cl)c21. The molecular weight excluding hydrogens is 322 g/mol. The summed E-state index contributed by atoms with van der Waals surface area (Å²) in [4.78, 5) is 26.7. The number of nitrogens with two attached hydrogens (primary N) is 1. The zero-order valence-electron chi connectivity index (χ0n) is 12.0. The van der Waals surface area contributed by atoms with E-state index in [1.807, 2.05) is 0 Å². The largest absolute Gasteiger partial charge is 0.320 e. The van der Waals surface area contributed by atoms with Gasteiger partial charge < -0.3 is 11.1 Å². The van der Waals surface area contributed by atoms with Crippen LogP contribution in [0, 0.1) is 0 Å². The van der Waals surface area contributed by atoms with E-state index in [4.69, 9.17) is 17.3 Å². The van der Waals surface area contributed by atoms with Gasteiger partial charge in [-0.1, -0.05) is 23.7 Å². The Labute approximate surface area is 136 Å². The van der Waals surface area contributed by atoms with Gasteiger partial charge in [-0.15, -0.1) is 11.3 Å². The van der Waals surface area contributed by atoms with Crippen LogP contribution in [0.15, 0.2) is 29.6 Å². The molecule has 22 heavy (non-hydrogen) atoms. The first-order chi connectivity index (χ1) is 10.3. The molecule has 1 aliphatic rings. The van der Waals surface area contributed by atoms with Crippen LogP contribution in [0.3, 0.4) is 0 Å². The summed E-state index contributed by atoms with van der Waals surface area (Å²) in [5.41, 5.74) is 6.73. The Morgan fingerprint density at radius 1 is 1.36 bits per heavy atom. The van der Waals surface area contributed by atoms with Crippen LogP contribution in [-0.4, -0.2) is 17.4 Å². The summed E-state index contributed by atoms with van der Waals surface area (Å²) < 4.78 is 0.374. The smallest absolute Gasteiger partial charge is 0.258 e. The molecule has 0 aliphatic carbocycles. The summed E-state index contributed by atoms with van der Waals surface area (Å²) >= 11 is 7.46. The van der Waals surface area contributed by atoms with Crippen molar-refractivity contribution in [2.45, 2.75) is 19.4 Å². The molecule has 3 N–H and O–H groups in total. The van der Waals surface area contributed by atoms with Crippen LogP contribution in [0.1, 0.15) is 24.2 Å². The Hall–Kier alpha value is -1.89. The van der Waals surface area contributed by atoms with Crippen LogP contribution in [-0.2, 0) is 4.79 Å². The summed E-state index contributed by atoms with van der Waals surface area (Å²) in [6, 6.07) is 7.07. The van der Waals surface area contributed by atoms with Crippen molar-refractivity contribution in [3.8, 4) is 0 Å². The number of hydrogen-bond acceptors (Lipinski definition) is 4. The van der Waals surface area contributed by atoms with Crippen molar-refractivity contribution >= 4 is 51.8 Å².